The molecule has 154 valence electrons. The summed E-state index contributed by atoms with van der Waals surface area (Å²) in [6, 6.07) is 19.7. The van der Waals surface area contributed by atoms with Crippen LogP contribution in [0.25, 0.3) is 22.5 Å². The minimum Gasteiger partial charge on any atom is -0.479 e. The zero-order valence-corrected chi connectivity index (χ0v) is 18.6. The molecule has 0 saturated heterocycles. The molecule has 4 rings (SSSR count). The maximum atomic E-state index is 5.21. The Morgan fingerprint density at radius 1 is 0.645 bits per heavy atom. The van der Waals surface area contributed by atoms with Crippen LogP contribution in [0.3, 0.4) is 0 Å². The molecule has 31 heavy (non-hydrogen) atoms. The molecule has 0 spiro atoms. The summed E-state index contributed by atoms with van der Waals surface area (Å²) in [6.45, 7) is 1.89. The number of hydrogen-bond acceptors (Lipinski definition) is 6. The number of aromatic nitrogens is 4. The second-order valence-electron chi connectivity index (χ2n) is 6.02. The zero-order chi connectivity index (χ0) is 20.5. The number of nitrogens with zero attached hydrogens (tertiary/aromatic N) is 4. The summed E-state index contributed by atoms with van der Waals surface area (Å²) in [4.78, 5) is 16.9. The standard InChI is InChI=1S/C12H12N2O.C11H10N2O.CH3.Li/c1-9-8-13-11(12(14-9)15-2)10-6-4-3-5-7-10;1-14-11-10(12-7-8-13-11)9-5-3-2-4-6-9;;/h3-8H,1-2H3;2-8H,1H3;1H3;/q;;-1;+1. The molecule has 0 saturated carbocycles. The molecule has 0 aliphatic rings. The van der Waals surface area contributed by atoms with Crippen molar-refractivity contribution in [3.05, 3.63) is 92.4 Å². The van der Waals surface area contributed by atoms with E-state index in [2.05, 4.69) is 19.9 Å². The van der Waals surface area contributed by atoms with Crippen molar-refractivity contribution < 1.29 is 28.3 Å². The van der Waals surface area contributed by atoms with E-state index in [1.165, 1.54) is 0 Å². The van der Waals surface area contributed by atoms with Crippen molar-refractivity contribution in [1.82, 2.24) is 19.9 Å². The van der Waals surface area contributed by atoms with Crippen molar-refractivity contribution in [1.29, 1.82) is 0 Å². The topological polar surface area (TPSA) is 70.0 Å². The number of aryl methyl sites for hydroxylation is 1. The Hall–Kier alpha value is -3.20. The Labute approximate surface area is 195 Å². The van der Waals surface area contributed by atoms with Gasteiger partial charge in [0, 0.05) is 29.7 Å². The van der Waals surface area contributed by atoms with Gasteiger partial charge in [-0.2, -0.15) is 0 Å². The molecule has 0 fully saturated rings. The molecule has 2 aromatic heterocycles. The minimum atomic E-state index is 0. The van der Waals surface area contributed by atoms with Crippen molar-refractivity contribution in [2.45, 2.75) is 6.92 Å². The minimum absolute atomic E-state index is 0. The van der Waals surface area contributed by atoms with Gasteiger partial charge in [-0.15, -0.1) is 0 Å². The second-order valence-corrected chi connectivity index (χ2v) is 6.02. The Morgan fingerprint density at radius 3 is 1.65 bits per heavy atom. The molecule has 0 radical (unpaired) electrons. The fraction of sp³-hybridized carbons (Fsp3) is 0.125. The summed E-state index contributed by atoms with van der Waals surface area (Å²) < 4.78 is 10.3. The van der Waals surface area contributed by atoms with Crippen LogP contribution < -0.4 is 28.3 Å². The van der Waals surface area contributed by atoms with Crippen LogP contribution in [-0.2, 0) is 0 Å². The third kappa shape index (κ3) is 6.92. The molecule has 4 aromatic rings. The molecule has 0 amide bonds. The van der Waals surface area contributed by atoms with Crippen LogP contribution in [0.4, 0.5) is 0 Å². The van der Waals surface area contributed by atoms with Gasteiger partial charge in [-0.3, -0.25) is 0 Å². The van der Waals surface area contributed by atoms with Crippen LogP contribution in [0.2, 0.25) is 0 Å². The van der Waals surface area contributed by atoms with Gasteiger partial charge in [0.05, 0.1) is 19.9 Å². The SMILES string of the molecule is COc1nc(C)cnc1-c1ccccc1.COc1nccnc1-c1ccccc1.[CH3-].[Li+]. The molecule has 0 unspecified atom stereocenters. The third-order valence-electron chi connectivity index (χ3n) is 4.01. The van der Waals surface area contributed by atoms with Gasteiger partial charge in [-0.05, 0) is 6.92 Å². The third-order valence-corrected chi connectivity index (χ3v) is 4.01. The Morgan fingerprint density at radius 2 is 1.13 bits per heavy atom. The van der Waals surface area contributed by atoms with E-state index in [4.69, 9.17) is 9.47 Å². The summed E-state index contributed by atoms with van der Waals surface area (Å²) >= 11 is 0. The van der Waals surface area contributed by atoms with Gasteiger partial charge in [0.15, 0.2) is 0 Å². The monoisotopic (exact) mass is 408 g/mol. The molecule has 0 aliphatic carbocycles. The first-order valence-corrected chi connectivity index (χ1v) is 9.06. The summed E-state index contributed by atoms with van der Waals surface area (Å²) in [7, 11) is 3.20. The largest absolute Gasteiger partial charge is 1.00 e. The first-order chi connectivity index (χ1) is 14.2. The number of methoxy groups -OCH3 is 2. The number of hydrogen-bond donors (Lipinski definition) is 0. The fourth-order valence-electron chi connectivity index (χ4n) is 2.66. The van der Waals surface area contributed by atoms with E-state index >= 15 is 0 Å². The maximum absolute atomic E-state index is 5.21. The maximum Gasteiger partial charge on any atom is 1.00 e. The van der Waals surface area contributed by atoms with E-state index < -0.39 is 0 Å². The molecule has 0 aliphatic heterocycles. The molecule has 2 heterocycles. The van der Waals surface area contributed by atoms with Crippen molar-refractivity contribution in [3.63, 3.8) is 0 Å². The first-order valence-electron chi connectivity index (χ1n) is 9.06. The van der Waals surface area contributed by atoms with Gasteiger partial charge in [-0.1, -0.05) is 60.7 Å². The average molecular weight is 408 g/mol. The molecule has 0 bridgehead atoms. The molecule has 0 N–H and O–H groups in total. The number of benzene rings is 2. The van der Waals surface area contributed by atoms with Crippen molar-refractivity contribution in [2.24, 2.45) is 0 Å². The zero-order valence-electron chi connectivity index (χ0n) is 18.6. The summed E-state index contributed by atoms with van der Waals surface area (Å²) in [5.74, 6) is 1.12. The van der Waals surface area contributed by atoms with E-state index in [-0.39, 0.29) is 26.3 Å². The Kier molecular flexibility index (Phi) is 11.0. The van der Waals surface area contributed by atoms with Gasteiger partial charge in [0.25, 0.3) is 0 Å². The first kappa shape index (κ1) is 25.8. The van der Waals surface area contributed by atoms with Gasteiger partial charge in [0.2, 0.25) is 11.8 Å². The van der Waals surface area contributed by atoms with E-state index in [1.54, 1.807) is 32.8 Å². The molecular weight excluding hydrogens is 383 g/mol. The molecule has 2 aromatic carbocycles. The van der Waals surface area contributed by atoms with E-state index in [1.807, 2.05) is 67.6 Å². The number of rotatable bonds is 4. The van der Waals surface area contributed by atoms with E-state index in [9.17, 15) is 0 Å². The van der Waals surface area contributed by atoms with Crippen LogP contribution >= 0.6 is 0 Å². The Bertz CT molecular complexity index is 1050. The Balaban J connectivity index is 0.000000292. The predicted octanol–water partition coefficient (Wildman–Crippen LogP) is 2.07. The van der Waals surface area contributed by atoms with Crippen LogP contribution in [0, 0.1) is 14.4 Å². The second kappa shape index (κ2) is 13.2. The summed E-state index contributed by atoms with van der Waals surface area (Å²) in [6.07, 6.45) is 5.01. The number of ether oxygens (including phenoxy) is 2. The van der Waals surface area contributed by atoms with E-state index in [0.29, 0.717) is 11.8 Å². The van der Waals surface area contributed by atoms with Gasteiger partial charge in [0.1, 0.15) is 11.4 Å². The fourth-order valence-corrected chi connectivity index (χ4v) is 2.66. The molecule has 7 heteroatoms. The van der Waals surface area contributed by atoms with Crippen LogP contribution in [0.15, 0.2) is 79.3 Å². The normalized spacial score (nSPS) is 9.26. The summed E-state index contributed by atoms with van der Waals surface area (Å²) in [5.41, 5.74) is 4.44. The smallest absolute Gasteiger partial charge is 0.479 e. The predicted molar refractivity (Wildman–Crippen MR) is 119 cm³/mol. The molecule has 0 atom stereocenters. The van der Waals surface area contributed by atoms with E-state index in [0.717, 1.165) is 28.2 Å². The van der Waals surface area contributed by atoms with Crippen molar-refractivity contribution in [2.75, 3.05) is 14.2 Å². The van der Waals surface area contributed by atoms with Gasteiger partial charge >= 0.3 is 18.9 Å². The van der Waals surface area contributed by atoms with Crippen LogP contribution in [0.1, 0.15) is 5.69 Å². The van der Waals surface area contributed by atoms with Gasteiger partial charge < -0.3 is 16.9 Å². The summed E-state index contributed by atoms with van der Waals surface area (Å²) in [5, 5.41) is 0. The van der Waals surface area contributed by atoms with Crippen molar-refractivity contribution in [3.8, 4) is 34.3 Å². The van der Waals surface area contributed by atoms with Crippen molar-refractivity contribution >= 4 is 0 Å². The molecule has 6 nitrogen and oxygen atoms in total. The van der Waals surface area contributed by atoms with Gasteiger partial charge in [-0.25, -0.2) is 19.9 Å². The average Bonchev–Trinajstić information content (AvgIpc) is 2.80. The van der Waals surface area contributed by atoms with Crippen LogP contribution in [-0.4, -0.2) is 34.2 Å². The molecular formula is C24H25LiN4O2. The quantitative estimate of drug-likeness (QED) is 0.380. The van der Waals surface area contributed by atoms with Crippen LogP contribution in [0.5, 0.6) is 11.8 Å².